The van der Waals surface area contributed by atoms with E-state index in [-0.39, 0.29) is 21.7 Å². The Balaban J connectivity index is 0.00000441. The number of hydrogen-bond donors (Lipinski definition) is 0. The van der Waals surface area contributed by atoms with Crippen LogP contribution in [0.5, 0.6) is 0 Å². The van der Waals surface area contributed by atoms with Crippen molar-refractivity contribution in [3.05, 3.63) is 22.3 Å². The number of rotatable bonds is 9. The average molecular weight is 338 g/mol. The van der Waals surface area contributed by atoms with Gasteiger partial charge >= 0.3 is 0 Å². The number of hydrogen-bond acceptors (Lipinski definition) is 0. The Labute approximate surface area is 155 Å². The fourth-order valence-electron chi connectivity index (χ4n) is 4.20. The van der Waals surface area contributed by atoms with E-state index in [1.807, 2.05) is 0 Å². The van der Waals surface area contributed by atoms with Gasteiger partial charge in [0, 0.05) is 27.6 Å². The van der Waals surface area contributed by atoms with Gasteiger partial charge in [-0.05, 0) is 50.7 Å². The molecule has 126 valence electrons. The van der Waals surface area contributed by atoms with E-state index in [4.69, 9.17) is 0 Å². The van der Waals surface area contributed by atoms with Gasteiger partial charge in [0.25, 0.3) is 0 Å². The summed E-state index contributed by atoms with van der Waals surface area (Å²) in [6.45, 7) is 16.6. The van der Waals surface area contributed by atoms with Gasteiger partial charge in [-0.25, -0.2) is 0 Å². The van der Waals surface area contributed by atoms with Crippen molar-refractivity contribution in [1.29, 1.82) is 0 Å². The summed E-state index contributed by atoms with van der Waals surface area (Å²) in [5, 5.41) is 0. The molecule has 1 rings (SSSR count). The van der Waals surface area contributed by atoms with E-state index in [1.54, 1.807) is 22.3 Å². The van der Waals surface area contributed by atoms with Crippen LogP contribution in [0.2, 0.25) is 0 Å². The van der Waals surface area contributed by atoms with Crippen molar-refractivity contribution in [1.82, 2.24) is 0 Å². The third-order valence-corrected chi connectivity index (χ3v) is 5.82. The third-order valence-electron chi connectivity index (χ3n) is 5.82. The van der Waals surface area contributed by atoms with Gasteiger partial charge in [0.2, 0.25) is 0 Å². The molecule has 22 heavy (non-hydrogen) atoms. The van der Waals surface area contributed by atoms with Crippen molar-refractivity contribution >= 4 is 0 Å². The SMILES string of the molecule is CCCCCCCCCC(C)(C)C1C(C)=C(C)C(C)=C1C.[Ti]. The van der Waals surface area contributed by atoms with Crippen LogP contribution in [-0.4, -0.2) is 0 Å². The maximum atomic E-state index is 2.48. The van der Waals surface area contributed by atoms with Crippen LogP contribution in [0.1, 0.15) is 99.8 Å². The summed E-state index contributed by atoms with van der Waals surface area (Å²) in [6.07, 6.45) is 11.3. The topological polar surface area (TPSA) is 0 Å². The van der Waals surface area contributed by atoms with E-state index in [0.717, 1.165) is 0 Å². The van der Waals surface area contributed by atoms with Crippen molar-refractivity contribution < 1.29 is 21.7 Å². The molecule has 0 saturated heterocycles. The molecule has 0 saturated carbocycles. The molecule has 0 nitrogen and oxygen atoms in total. The summed E-state index contributed by atoms with van der Waals surface area (Å²) in [4.78, 5) is 0. The van der Waals surface area contributed by atoms with Crippen LogP contribution in [0.3, 0.4) is 0 Å². The molecule has 1 heteroatoms. The first kappa shape index (κ1) is 22.2. The second-order valence-electron chi connectivity index (χ2n) is 7.91. The molecule has 0 amide bonds. The Morgan fingerprint density at radius 2 is 1.14 bits per heavy atom. The standard InChI is InChI=1S/C21H38.Ti/c1-8-9-10-11-12-13-14-15-21(6,7)20-18(4)16(2)17(3)19(20)5;/h20H,8-15H2,1-7H3;. The zero-order chi connectivity index (χ0) is 16.0. The molecule has 0 aliphatic heterocycles. The second kappa shape index (κ2) is 10.1. The fraction of sp³-hybridized carbons (Fsp3) is 0.810. The van der Waals surface area contributed by atoms with E-state index in [0.29, 0.717) is 11.3 Å². The second-order valence-corrected chi connectivity index (χ2v) is 7.91. The summed E-state index contributed by atoms with van der Waals surface area (Å²) < 4.78 is 0. The van der Waals surface area contributed by atoms with Gasteiger partial charge in [0.15, 0.2) is 0 Å². The molecule has 0 bridgehead atoms. The molecule has 0 unspecified atom stereocenters. The summed E-state index contributed by atoms with van der Waals surface area (Å²) in [7, 11) is 0. The smallest absolute Gasteiger partial charge is 0.00643 e. The first-order valence-electron chi connectivity index (χ1n) is 9.18. The number of allylic oxidation sites excluding steroid dienone is 4. The van der Waals surface area contributed by atoms with Crippen LogP contribution in [0.15, 0.2) is 22.3 Å². The molecule has 0 N–H and O–H groups in total. The first-order chi connectivity index (χ1) is 9.83. The molecular formula is C21H38Ti. The van der Waals surface area contributed by atoms with E-state index in [9.17, 15) is 0 Å². The predicted molar refractivity (Wildman–Crippen MR) is 96.6 cm³/mol. The molecule has 1 aliphatic rings. The van der Waals surface area contributed by atoms with Gasteiger partial charge in [-0.3, -0.25) is 0 Å². The minimum absolute atomic E-state index is 0. The minimum Gasteiger partial charge on any atom is -0.0654 e. The molecule has 0 atom stereocenters. The van der Waals surface area contributed by atoms with Gasteiger partial charge in [-0.2, -0.15) is 0 Å². The molecule has 1 aliphatic carbocycles. The Hall–Kier alpha value is 0.194. The third kappa shape index (κ3) is 5.68. The van der Waals surface area contributed by atoms with Crippen molar-refractivity contribution in [2.45, 2.75) is 99.8 Å². The van der Waals surface area contributed by atoms with Crippen LogP contribution in [-0.2, 0) is 21.7 Å². The Kier molecular flexibility index (Phi) is 10.2. The average Bonchev–Trinajstić information content (AvgIpc) is 2.62. The Bertz CT molecular complexity index is 374. The molecule has 0 spiro atoms. The molecule has 0 aromatic rings. The Morgan fingerprint density at radius 3 is 1.59 bits per heavy atom. The van der Waals surface area contributed by atoms with Crippen LogP contribution in [0, 0.1) is 11.3 Å². The van der Waals surface area contributed by atoms with Crippen molar-refractivity contribution in [3.8, 4) is 0 Å². The summed E-state index contributed by atoms with van der Waals surface area (Å²) >= 11 is 0. The van der Waals surface area contributed by atoms with Crippen LogP contribution in [0.4, 0.5) is 0 Å². The van der Waals surface area contributed by atoms with Gasteiger partial charge in [0.05, 0.1) is 0 Å². The van der Waals surface area contributed by atoms with Crippen molar-refractivity contribution in [2.24, 2.45) is 11.3 Å². The quantitative estimate of drug-likeness (QED) is 0.302. The molecule has 0 aromatic carbocycles. The summed E-state index contributed by atoms with van der Waals surface area (Å²) in [5.41, 5.74) is 6.75. The largest absolute Gasteiger partial charge is 0.0654 e. The van der Waals surface area contributed by atoms with E-state index >= 15 is 0 Å². The fourth-order valence-corrected chi connectivity index (χ4v) is 4.20. The molecule has 0 radical (unpaired) electrons. The van der Waals surface area contributed by atoms with E-state index < -0.39 is 0 Å². The van der Waals surface area contributed by atoms with Crippen LogP contribution < -0.4 is 0 Å². The van der Waals surface area contributed by atoms with Crippen molar-refractivity contribution in [3.63, 3.8) is 0 Å². The summed E-state index contributed by atoms with van der Waals surface area (Å²) in [6, 6.07) is 0. The number of unbranched alkanes of at least 4 members (excludes halogenated alkanes) is 6. The maximum Gasteiger partial charge on any atom is 0.00643 e. The first-order valence-corrected chi connectivity index (χ1v) is 9.18. The van der Waals surface area contributed by atoms with Gasteiger partial charge in [-0.15, -0.1) is 0 Å². The summed E-state index contributed by atoms with van der Waals surface area (Å²) in [5.74, 6) is 0.678. The predicted octanol–water partition coefficient (Wildman–Crippen LogP) is 7.45. The normalized spacial score (nSPS) is 16.5. The molecule has 0 heterocycles. The maximum absolute atomic E-state index is 2.48. The van der Waals surface area contributed by atoms with Crippen LogP contribution >= 0.6 is 0 Å². The monoisotopic (exact) mass is 338 g/mol. The zero-order valence-corrected chi connectivity index (χ0v) is 17.8. The van der Waals surface area contributed by atoms with Crippen LogP contribution in [0.25, 0.3) is 0 Å². The zero-order valence-electron chi connectivity index (χ0n) is 16.2. The van der Waals surface area contributed by atoms with Gasteiger partial charge in [0.1, 0.15) is 0 Å². The molecular weight excluding hydrogens is 300 g/mol. The molecule has 0 aromatic heterocycles. The van der Waals surface area contributed by atoms with Gasteiger partial charge in [-0.1, -0.05) is 76.9 Å². The van der Waals surface area contributed by atoms with Crippen molar-refractivity contribution in [2.75, 3.05) is 0 Å². The Morgan fingerprint density at radius 1 is 0.727 bits per heavy atom. The van der Waals surface area contributed by atoms with E-state index in [2.05, 4.69) is 48.5 Å². The minimum atomic E-state index is 0. The van der Waals surface area contributed by atoms with E-state index in [1.165, 1.54) is 51.4 Å². The molecule has 0 fully saturated rings. The van der Waals surface area contributed by atoms with Gasteiger partial charge < -0.3 is 0 Å².